The summed E-state index contributed by atoms with van der Waals surface area (Å²) in [4.78, 5) is 22.4. The molecule has 0 aliphatic heterocycles. The Morgan fingerprint density at radius 2 is 1.84 bits per heavy atom. The molecule has 0 bridgehead atoms. The van der Waals surface area contributed by atoms with E-state index in [1.807, 2.05) is 0 Å². The molecule has 0 saturated carbocycles. The quantitative estimate of drug-likeness (QED) is 0.521. The third-order valence-electron chi connectivity index (χ3n) is 2.74. The Labute approximate surface area is 110 Å². The van der Waals surface area contributed by atoms with Crippen LogP contribution in [-0.2, 0) is 0 Å². The normalized spacial score (nSPS) is 9.95. The highest BCUT2D eigenvalue weighted by Gasteiger charge is 2.11. The SMILES string of the molecule is Cc1c(O)cccc1OC(=O)c1ccc(C=O)cc1. The molecule has 0 spiro atoms. The van der Waals surface area contributed by atoms with Crippen molar-refractivity contribution >= 4 is 12.3 Å². The van der Waals surface area contributed by atoms with E-state index < -0.39 is 5.97 Å². The highest BCUT2D eigenvalue weighted by Crippen LogP contribution is 2.26. The topological polar surface area (TPSA) is 63.6 Å². The Hall–Kier alpha value is -2.62. The van der Waals surface area contributed by atoms with Crippen molar-refractivity contribution in [1.29, 1.82) is 0 Å². The van der Waals surface area contributed by atoms with Crippen molar-refractivity contribution in [2.45, 2.75) is 6.92 Å². The highest BCUT2D eigenvalue weighted by molar-refractivity contribution is 5.92. The second-order valence-electron chi connectivity index (χ2n) is 4.03. The molecule has 0 saturated heterocycles. The number of phenolic OH excluding ortho intramolecular Hbond substituents is 1. The number of aldehydes is 1. The molecule has 0 aliphatic carbocycles. The van der Waals surface area contributed by atoms with Crippen LogP contribution in [0.4, 0.5) is 0 Å². The third kappa shape index (κ3) is 2.80. The van der Waals surface area contributed by atoms with Crippen LogP contribution in [0.25, 0.3) is 0 Å². The minimum atomic E-state index is -0.536. The zero-order valence-electron chi connectivity index (χ0n) is 10.3. The molecule has 2 aromatic carbocycles. The Balaban J connectivity index is 2.20. The summed E-state index contributed by atoms with van der Waals surface area (Å²) in [6.07, 6.45) is 0.703. The molecule has 19 heavy (non-hydrogen) atoms. The van der Waals surface area contributed by atoms with E-state index in [0.717, 1.165) is 0 Å². The molecule has 4 nitrogen and oxygen atoms in total. The lowest BCUT2D eigenvalue weighted by Crippen LogP contribution is -2.09. The number of hydrogen-bond donors (Lipinski definition) is 1. The zero-order chi connectivity index (χ0) is 13.8. The van der Waals surface area contributed by atoms with Crippen LogP contribution < -0.4 is 4.74 Å². The summed E-state index contributed by atoms with van der Waals surface area (Å²) in [5.41, 5.74) is 1.33. The van der Waals surface area contributed by atoms with Crippen LogP contribution in [0.1, 0.15) is 26.3 Å². The van der Waals surface area contributed by atoms with Gasteiger partial charge in [-0.15, -0.1) is 0 Å². The minimum Gasteiger partial charge on any atom is -0.508 e. The monoisotopic (exact) mass is 256 g/mol. The van der Waals surface area contributed by atoms with Crippen LogP contribution in [0.3, 0.4) is 0 Å². The van der Waals surface area contributed by atoms with E-state index in [1.165, 1.54) is 18.2 Å². The zero-order valence-corrected chi connectivity index (χ0v) is 10.3. The second-order valence-corrected chi connectivity index (χ2v) is 4.03. The van der Waals surface area contributed by atoms with Crippen LogP contribution in [0.15, 0.2) is 42.5 Å². The number of benzene rings is 2. The number of hydrogen-bond acceptors (Lipinski definition) is 4. The van der Waals surface area contributed by atoms with Crippen molar-refractivity contribution in [3.63, 3.8) is 0 Å². The van der Waals surface area contributed by atoms with E-state index >= 15 is 0 Å². The van der Waals surface area contributed by atoms with E-state index in [4.69, 9.17) is 4.74 Å². The van der Waals surface area contributed by atoms with Crippen LogP contribution in [0, 0.1) is 6.92 Å². The summed E-state index contributed by atoms with van der Waals surface area (Å²) in [7, 11) is 0. The maximum atomic E-state index is 11.9. The molecule has 0 atom stereocenters. The summed E-state index contributed by atoms with van der Waals surface area (Å²) in [6, 6.07) is 10.8. The first-order valence-electron chi connectivity index (χ1n) is 5.68. The summed E-state index contributed by atoms with van der Waals surface area (Å²) >= 11 is 0. The fraction of sp³-hybridized carbons (Fsp3) is 0.0667. The molecule has 0 heterocycles. The summed E-state index contributed by atoms with van der Waals surface area (Å²) in [5.74, 6) is -0.155. The predicted molar refractivity (Wildman–Crippen MR) is 69.6 cm³/mol. The van der Waals surface area contributed by atoms with Gasteiger partial charge in [-0.25, -0.2) is 4.79 Å². The van der Waals surface area contributed by atoms with Gasteiger partial charge in [-0.05, 0) is 31.2 Å². The van der Waals surface area contributed by atoms with Gasteiger partial charge in [0, 0.05) is 11.1 Å². The molecule has 1 N–H and O–H groups in total. The van der Waals surface area contributed by atoms with Crippen molar-refractivity contribution in [1.82, 2.24) is 0 Å². The molecular formula is C15H12O4. The Bertz CT molecular complexity index is 615. The van der Waals surface area contributed by atoms with Gasteiger partial charge in [-0.3, -0.25) is 4.79 Å². The first-order chi connectivity index (χ1) is 9.11. The van der Waals surface area contributed by atoms with Gasteiger partial charge in [-0.2, -0.15) is 0 Å². The summed E-state index contributed by atoms with van der Waals surface area (Å²) in [5, 5.41) is 9.52. The van der Waals surface area contributed by atoms with Crippen molar-refractivity contribution < 1.29 is 19.4 Å². The smallest absolute Gasteiger partial charge is 0.343 e. The van der Waals surface area contributed by atoms with Crippen LogP contribution >= 0.6 is 0 Å². The molecule has 0 unspecified atom stereocenters. The number of rotatable bonds is 3. The van der Waals surface area contributed by atoms with Gasteiger partial charge in [0.05, 0.1) is 5.56 Å². The molecule has 0 radical (unpaired) electrons. The lowest BCUT2D eigenvalue weighted by atomic mass is 10.1. The first kappa shape index (κ1) is 12.8. The Kier molecular flexibility index (Phi) is 3.61. The third-order valence-corrected chi connectivity index (χ3v) is 2.74. The standard InChI is InChI=1S/C15H12O4/c1-10-13(17)3-2-4-14(10)19-15(18)12-7-5-11(9-16)6-8-12/h2-9,17H,1H3. The Morgan fingerprint density at radius 1 is 1.16 bits per heavy atom. The molecule has 0 aliphatic rings. The number of carbonyl (C=O) groups is 2. The molecule has 0 amide bonds. The lowest BCUT2D eigenvalue weighted by Gasteiger charge is -2.08. The fourth-order valence-corrected chi connectivity index (χ4v) is 1.57. The van der Waals surface area contributed by atoms with Crippen LogP contribution in [-0.4, -0.2) is 17.4 Å². The van der Waals surface area contributed by atoms with Gasteiger partial charge in [0.1, 0.15) is 17.8 Å². The second kappa shape index (κ2) is 5.35. The first-order valence-corrected chi connectivity index (χ1v) is 5.68. The van der Waals surface area contributed by atoms with Gasteiger partial charge in [0.15, 0.2) is 0 Å². The van der Waals surface area contributed by atoms with Gasteiger partial charge < -0.3 is 9.84 Å². The maximum Gasteiger partial charge on any atom is 0.343 e. The van der Waals surface area contributed by atoms with E-state index in [1.54, 1.807) is 31.2 Å². The average Bonchev–Trinajstić information content (AvgIpc) is 2.44. The van der Waals surface area contributed by atoms with Crippen molar-refractivity contribution in [2.75, 3.05) is 0 Å². The van der Waals surface area contributed by atoms with E-state index in [9.17, 15) is 14.7 Å². The van der Waals surface area contributed by atoms with Crippen molar-refractivity contribution in [2.24, 2.45) is 0 Å². The van der Waals surface area contributed by atoms with E-state index in [-0.39, 0.29) is 5.75 Å². The molecule has 2 rings (SSSR count). The Morgan fingerprint density at radius 3 is 2.47 bits per heavy atom. The number of aromatic hydroxyl groups is 1. The fourth-order valence-electron chi connectivity index (χ4n) is 1.57. The molecule has 2 aromatic rings. The number of esters is 1. The van der Waals surface area contributed by atoms with Crippen molar-refractivity contribution in [3.8, 4) is 11.5 Å². The lowest BCUT2D eigenvalue weighted by molar-refractivity contribution is 0.0733. The van der Waals surface area contributed by atoms with Gasteiger partial charge >= 0.3 is 5.97 Å². The van der Waals surface area contributed by atoms with Crippen LogP contribution in [0.5, 0.6) is 11.5 Å². The maximum absolute atomic E-state index is 11.9. The van der Waals surface area contributed by atoms with Gasteiger partial charge in [0.25, 0.3) is 0 Å². The molecule has 0 fully saturated rings. The molecule has 4 heteroatoms. The highest BCUT2D eigenvalue weighted by atomic mass is 16.5. The molecular weight excluding hydrogens is 244 g/mol. The number of carbonyl (C=O) groups excluding carboxylic acids is 2. The molecule has 96 valence electrons. The van der Waals surface area contributed by atoms with Crippen molar-refractivity contribution in [3.05, 3.63) is 59.2 Å². The van der Waals surface area contributed by atoms with Crippen LogP contribution in [0.2, 0.25) is 0 Å². The summed E-state index contributed by atoms with van der Waals surface area (Å²) < 4.78 is 5.20. The largest absolute Gasteiger partial charge is 0.508 e. The number of ether oxygens (including phenoxy) is 1. The average molecular weight is 256 g/mol. The molecule has 0 aromatic heterocycles. The van der Waals surface area contributed by atoms with Gasteiger partial charge in [-0.1, -0.05) is 18.2 Å². The van der Waals surface area contributed by atoms with E-state index in [2.05, 4.69) is 0 Å². The predicted octanol–water partition coefficient (Wildman–Crippen LogP) is 2.73. The summed E-state index contributed by atoms with van der Waals surface area (Å²) in [6.45, 7) is 1.66. The number of phenols is 1. The van der Waals surface area contributed by atoms with E-state index in [0.29, 0.717) is 28.7 Å². The van der Waals surface area contributed by atoms with Gasteiger partial charge in [0.2, 0.25) is 0 Å². The minimum absolute atomic E-state index is 0.0709.